The van der Waals surface area contributed by atoms with Crippen LogP contribution in [0.15, 0.2) is 53.1 Å². The number of benzene rings is 2. The minimum absolute atomic E-state index is 0.00646. The third-order valence-corrected chi connectivity index (χ3v) is 7.16. The number of oxazole rings is 1. The predicted molar refractivity (Wildman–Crippen MR) is 136 cm³/mol. The van der Waals surface area contributed by atoms with Gasteiger partial charge < -0.3 is 9.73 Å². The summed E-state index contributed by atoms with van der Waals surface area (Å²) in [5, 5.41) is 11.6. The molecule has 1 saturated carbocycles. The number of carbonyl (C=O) groups excluding carboxylic acids is 3. The second kappa shape index (κ2) is 10.9. The van der Waals surface area contributed by atoms with Gasteiger partial charge in [0, 0.05) is 42.0 Å². The topological polar surface area (TPSA) is 120 Å². The second-order valence-corrected chi connectivity index (χ2v) is 10.1. The highest BCUT2D eigenvalue weighted by Crippen LogP contribution is 2.40. The van der Waals surface area contributed by atoms with Crippen molar-refractivity contribution in [1.29, 1.82) is 5.26 Å². The number of alkyl halides is 2. The lowest BCUT2D eigenvalue weighted by Crippen LogP contribution is -2.56. The number of anilines is 2. The van der Waals surface area contributed by atoms with Crippen LogP contribution in [0, 0.1) is 23.0 Å². The molecule has 0 unspecified atom stereocenters. The number of carbonyl (C=O) groups is 3. The van der Waals surface area contributed by atoms with Crippen LogP contribution in [0.1, 0.15) is 43.0 Å². The van der Waals surface area contributed by atoms with Crippen LogP contribution in [0.2, 0.25) is 5.02 Å². The Morgan fingerprint density at radius 2 is 1.88 bits per heavy atom. The molecule has 5 rings (SSSR count). The van der Waals surface area contributed by atoms with Crippen molar-refractivity contribution < 1.29 is 36.4 Å². The molecule has 14 heteroatoms. The van der Waals surface area contributed by atoms with E-state index in [0.29, 0.717) is 6.07 Å². The van der Waals surface area contributed by atoms with Gasteiger partial charge in [0.1, 0.15) is 29.8 Å². The van der Waals surface area contributed by atoms with Crippen LogP contribution in [-0.4, -0.2) is 40.7 Å². The molecule has 1 aliphatic carbocycles. The van der Waals surface area contributed by atoms with Gasteiger partial charge in [-0.25, -0.2) is 22.5 Å². The van der Waals surface area contributed by atoms with E-state index in [2.05, 4.69) is 10.3 Å². The minimum Gasteiger partial charge on any atom is -0.412 e. The molecule has 212 valence electrons. The second-order valence-electron chi connectivity index (χ2n) is 9.67. The Hall–Kier alpha value is -4.44. The lowest BCUT2D eigenvalue weighted by atomic mass is 9.87. The molecule has 41 heavy (non-hydrogen) atoms. The largest absolute Gasteiger partial charge is 0.412 e. The van der Waals surface area contributed by atoms with Crippen molar-refractivity contribution in [3.05, 3.63) is 76.6 Å². The molecule has 0 radical (unpaired) electrons. The van der Waals surface area contributed by atoms with Crippen LogP contribution in [0.3, 0.4) is 0 Å². The van der Waals surface area contributed by atoms with Gasteiger partial charge in [-0.3, -0.25) is 24.2 Å². The molecule has 3 aromatic rings. The van der Waals surface area contributed by atoms with Crippen molar-refractivity contribution in [3.8, 4) is 6.07 Å². The highest BCUT2D eigenvalue weighted by atomic mass is 35.5. The van der Waals surface area contributed by atoms with Gasteiger partial charge in [0.05, 0.1) is 11.9 Å². The highest BCUT2D eigenvalue weighted by Gasteiger charge is 2.49. The predicted octanol–water partition coefficient (Wildman–Crippen LogP) is 4.66. The van der Waals surface area contributed by atoms with E-state index in [4.69, 9.17) is 21.3 Å². The van der Waals surface area contributed by atoms with Crippen LogP contribution in [0.4, 0.5) is 29.3 Å². The quantitative estimate of drug-likeness (QED) is 0.400. The van der Waals surface area contributed by atoms with E-state index < -0.39 is 71.9 Å². The number of nitrogens with zero attached hydrogens (tertiary/aromatic N) is 4. The van der Waals surface area contributed by atoms with Crippen LogP contribution in [-0.2, 0) is 14.4 Å². The maximum absolute atomic E-state index is 14.5. The smallest absolute Gasteiger partial charge is 0.306 e. The average molecular weight is 590 g/mol. The van der Waals surface area contributed by atoms with Gasteiger partial charge in [0.15, 0.2) is 0 Å². The van der Waals surface area contributed by atoms with Gasteiger partial charge >= 0.3 is 6.01 Å². The first kappa shape index (κ1) is 28.1. The molecule has 1 aliphatic heterocycles. The van der Waals surface area contributed by atoms with E-state index in [9.17, 15) is 31.9 Å². The third-order valence-electron chi connectivity index (χ3n) is 6.81. The number of nitriles is 1. The fourth-order valence-electron chi connectivity index (χ4n) is 4.97. The molecule has 2 atom stereocenters. The first-order valence-electron chi connectivity index (χ1n) is 12.4. The Labute approximate surface area is 235 Å². The molecular formula is C27H20ClF4N5O4. The minimum atomic E-state index is -2.97. The molecule has 2 fully saturated rings. The Morgan fingerprint density at radius 3 is 2.49 bits per heavy atom. The number of rotatable bonds is 7. The summed E-state index contributed by atoms with van der Waals surface area (Å²) in [5.74, 6) is -7.83. The van der Waals surface area contributed by atoms with Crippen molar-refractivity contribution >= 4 is 41.0 Å². The number of halogens is 5. The third kappa shape index (κ3) is 5.60. The molecule has 1 aromatic heterocycles. The Kier molecular flexibility index (Phi) is 7.44. The summed E-state index contributed by atoms with van der Waals surface area (Å²) in [5.41, 5.74) is -0.356. The molecule has 2 aromatic carbocycles. The monoisotopic (exact) mass is 589 g/mol. The number of aromatic nitrogens is 1. The molecule has 9 nitrogen and oxygen atoms in total. The zero-order valence-electron chi connectivity index (χ0n) is 21.0. The number of hydrogen-bond donors (Lipinski definition) is 1. The van der Waals surface area contributed by atoms with Crippen molar-refractivity contribution in [3.63, 3.8) is 0 Å². The SMILES string of the molecule is N#Cc1cnc(N2C(=O)CC[C@H]2C(=O)N(c2cc(F)cc(F)c2)[C@H](C(=O)NC2CC(F)(F)C2)c2ccccc2Cl)o1. The summed E-state index contributed by atoms with van der Waals surface area (Å²) in [6.45, 7) is 0. The number of nitrogens with one attached hydrogen (secondary N) is 1. The normalized spacial score (nSPS) is 18.9. The molecule has 2 aliphatic rings. The first-order valence-corrected chi connectivity index (χ1v) is 12.7. The summed E-state index contributed by atoms with van der Waals surface area (Å²) in [7, 11) is 0. The van der Waals surface area contributed by atoms with Gasteiger partial charge in [-0.15, -0.1) is 0 Å². The Morgan fingerprint density at radius 1 is 1.20 bits per heavy atom. The zero-order valence-corrected chi connectivity index (χ0v) is 21.7. The summed E-state index contributed by atoms with van der Waals surface area (Å²) in [6.07, 6.45) is -0.454. The molecule has 2 heterocycles. The van der Waals surface area contributed by atoms with E-state index in [0.717, 1.165) is 28.1 Å². The van der Waals surface area contributed by atoms with Gasteiger partial charge in [-0.2, -0.15) is 5.26 Å². The Balaban J connectivity index is 1.62. The maximum atomic E-state index is 14.5. The number of hydrogen-bond acceptors (Lipinski definition) is 6. The summed E-state index contributed by atoms with van der Waals surface area (Å²) < 4.78 is 61.3. The fourth-order valence-corrected chi connectivity index (χ4v) is 5.20. The standard InChI is InChI=1S/C27H20ClF4N5O4/c28-20-4-2-1-3-19(20)23(24(39)35-16-10-27(31,32)11-16)36(17-8-14(29)7-15(30)9-17)25(40)21-5-6-22(38)37(21)26-34-13-18(12-33)41-26/h1-4,7-9,13,16,21,23H,5-6,10-11H2,(H,35,39)/t21-,23-/m0/s1. The lowest BCUT2D eigenvalue weighted by Gasteiger charge is -2.39. The summed E-state index contributed by atoms with van der Waals surface area (Å²) in [6, 6.07) is 5.45. The molecule has 3 amide bonds. The maximum Gasteiger partial charge on any atom is 0.306 e. The average Bonchev–Trinajstić information content (AvgIpc) is 3.51. The van der Waals surface area contributed by atoms with Crippen LogP contribution in [0.5, 0.6) is 0 Å². The van der Waals surface area contributed by atoms with Crippen molar-refractivity contribution in [1.82, 2.24) is 10.3 Å². The molecular weight excluding hydrogens is 570 g/mol. The van der Waals surface area contributed by atoms with Crippen molar-refractivity contribution in [2.24, 2.45) is 0 Å². The van der Waals surface area contributed by atoms with E-state index >= 15 is 0 Å². The van der Waals surface area contributed by atoms with E-state index in [-0.39, 0.29) is 35.2 Å². The van der Waals surface area contributed by atoms with Gasteiger partial charge in [-0.05, 0) is 24.6 Å². The fraction of sp³-hybridized carbons (Fsp3) is 0.296. The summed E-state index contributed by atoms with van der Waals surface area (Å²) >= 11 is 6.41. The summed E-state index contributed by atoms with van der Waals surface area (Å²) in [4.78, 5) is 46.4. The van der Waals surface area contributed by atoms with Gasteiger partial charge in [-0.1, -0.05) is 29.8 Å². The molecule has 1 saturated heterocycles. The van der Waals surface area contributed by atoms with Crippen LogP contribution < -0.4 is 15.1 Å². The van der Waals surface area contributed by atoms with Crippen molar-refractivity contribution in [2.45, 2.75) is 49.7 Å². The highest BCUT2D eigenvalue weighted by molar-refractivity contribution is 6.31. The Bertz CT molecular complexity index is 1550. The van der Waals surface area contributed by atoms with Gasteiger partial charge in [0.25, 0.3) is 11.8 Å². The molecule has 0 spiro atoms. The molecule has 0 bridgehead atoms. The van der Waals surface area contributed by atoms with E-state index in [1.54, 1.807) is 12.1 Å². The molecule has 1 N–H and O–H groups in total. The van der Waals surface area contributed by atoms with Crippen LogP contribution in [0.25, 0.3) is 0 Å². The van der Waals surface area contributed by atoms with Crippen molar-refractivity contribution in [2.75, 3.05) is 9.80 Å². The lowest BCUT2D eigenvalue weighted by molar-refractivity contribution is -0.133. The van der Waals surface area contributed by atoms with E-state index in [1.165, 1.54) is 18.2 Å². The van der Waals surface area contributed by atoms with Crippen LogP contribution >= 0.6 is 11.6 Å². The van der Waals surface area contributed by atoms with E-state index in [1.807, 2.05) is 0 Å². The zero-order chi connectivity index (χ0) is 29.5. The first-order chi connectivity index (χ1) is 19.5. The van der Waals surface area contributed by atoms with Gasteiger partial charge in [0.2, 0.25) is 17.6 Å². The number of amides is 3.